The number of fused-ring (bicyclic) bond motifs is 1. The number of nitrogens with two attached hydrogens (primary N) is 1. The summed E-state index contributed by atoms with van der Waals surface area (Å²) < 4.78 is 10.5. The van der Waals surface area contributed by atoms with Crippen LogP contribution in [0.25, 0.3) is 10.9 Å². The van der Waals surface area contributed by atoms with E-state index in [1.54, 1.807) is 36.4 Å². The van der Waals surface area contributed by atoms with Gasteiger partial charge in [0.1, 0.15) is 5.56 Å². The van der Waals surface area contributed by atoms with Crippen molar-refractivity contribution in [1.29, 1.82) is 0 Å². The minimum absolute atomic E-state index is 0.0343. The minimum atomic E-state index is -0.598. The Morgan fingerprint density at radius 3 is 2.68 bits per heavy atom. The number of nitrogens with one attached hydrogen (secondary N) is 2. The third kappa shape index (κ3) is 4.12. The maximum atomic E-state index is 12.5. The second kappa shape index (κ2) is 8.26. The Morgan fingerprint density at radius 1 is 1.14 bits per heavy atom. The number of aromatic nitrogens is 1. The number of ether oxygens (including phenoxy) is 2. The lowest BCUT2D eigenvalue weighted by molar-refractivity contribution is -0.119. The van der Waals surface area contributed by atoms with E-state index in [0.29, 0.717) is 22.4 Å². The molecule has 28 heavy (non-hydrogen) atoms. The summed E-state index contributed by atoms with van der Waals surface area (Å²) in [5.41, 5.74) is 6.16. The molecule has 144 valence electrons. The van der Waals surface area contributed by atoms with Crippen molar-refractivity contribution in [1.82, 2.24) is 10.3 Å². The van der Waals surface area contributed by atoms with E-state index in [1.165, 1.54) is 13.3 Å². The average Bonchev–Trinajstić information content (AvgIpc) is 2.71. The van der Waals surface area contributed by atoms with E-state index in [4.69, 9.17) is 15.2 Å². The Balaban J connectivity index is 1.73. The van der Waals surface area contributed by atoms with Crippen molar-refractivity contribution in [3.8, 4) is 11.5 Å². The van der Waals surface area contributed by atoms with E-state index >= 15 is 0 Å². The van der Waals surface area contributed by atoms with Gasteiger partial charge in [-0.15, -0.1) is 0 Å². The molecule has 0 aliphatic heterocycles. The number of methoxy groups -OCH3 is 1. The summed E-state index contributed by atoms with van der Waals surface area (Å²) in [6, 6.07) is 12.0. The topological polar surface area (TPSA) is 124 Å². The molecule has 8 heteroatoms. The number of H-pyrrole nitrogens is 1. The number of pyridine rings is 1. The summed E-state index contributed by atoms with van der Waals surface area (Å²) in [6.07, 6.45) is 1.40. The predicted molar refractivity (Wildman–Crippen MR) is 103 cm³/mol. The molecule has 3 rings (SSSR count). The number of carbonyl (C=O) groups is 2. The zero-order valence-corrected chi connectivity index (χ0v) is 15.2. The van der Waals surface area contributed by atoms with E-state index in [-0.39, 0.29) is 24.1 Å². The third-order valence-corrected chi connectivity index (χ3v) is 4.08. The first-order valence-electron chi connectivity index (χ1n) is 8.46. The van der Waals surface area contributed by atoms with Crippen LogP contribution < -0.4 is 26.0 Å². The second-order valence-electron chi connectivity index (χ2n) is 6.00. The molecule has 4 N–H and O–H groups in total. The normalized spacial score (nSPS) is 10.5. The van der Waals surface area contributed by atoms with Gasteiger partial charge in [0.05, 0.1) is 7.11 Å². The van der Waals surface area contributed by atoms with Crippen LogP contribution in [0.15, 0.2) is 53.5 Å². The van der Waals surface area contributed by atoms with Crippen molar-refractivity contribution in [3.05, 3.63) is 70.0 Å². The molecule has 0 spiro atoms. The number of primary amides is 1. The number of benzene rings is 2. The monoisotopic (exact) mass is 381 g/mol. The first-order chi connectivity index (χ1) is 13.5. The average molecular weight is 381 g/mol. The maximum Gasteiger partial charge on any atom is 0.257 e. The SMILES string of the molecule is COc1cc(CNC(=O)c2c[nH]c3ccccc3c2=O)ccc1OCC(N)=O. The van der Waals surface area contributed by atoms with E-state index in [0.717, 1.165) is 5.56 Å². The number of carbonyl (C=O) groups excluding carboxylic acids is 2. The summed E-state index contributed by atoms with van der Waals surface area (Å²) in [6.45, 7) is -0.0885. The molecule has 1 heterocycles. The molecule has 8 nitrogen and oxygen atoms in total. The van der Waals surface area contributed by atoms with E-state index in [1.807, 2.05) is 6.07 Å². The van der Waals surface area contributed by atoms with Crippen LogP contribution >= 0.6 is 0 Å². The molecule has 0 bridgehead atoms. The van der Waals surface area contributed by atoms with Crippen LogP contribution in [0.1, 0.15) is 15.9 Å². The molecule has 3 aromatic rings. The molecule has 0 aliphatic rings. The Kier molecular flexibility index (Phi) is 5.59. The van der Waals surface area contributed by atoms with Crippen molar-refractivity contribution in [3.63, 3.8) is 0 Å². The molecule has 0 fully saturated rings. The summed E-state index contributed by atoms with van der Waals surface area (Å²) in [7, 11) is 1.46. The molecule has 2 amide bonds. The Bertz CT molecular complexity index is 1090. The van der Waals surface area contributed by atoms with Gasteiger partial charge in [-0.05, 0) is 29.8 Å². The predicted octanol–water partition coefficient (Wildman–Crippen LogP) is 1.33. The zero-order valence-electron chi connectivity index (χ0n) is 15.2. The number of amides is 2. The van der Waals surface area contributed by atoms with Crippen LogP contribution in [0.5, 0.6) is 11.5 Å². The molecule has 0 saturated carbocycles. The smallest absolute Gasteiger partial charge is 0.257 e. The molecule has 0 atom stereocenters. The Labute approximate surface area is 160 Å². The van der Waals surface area contributed by atoms with Gasteiger partial charge in [-0.2, -0.15) is 0 Å². The van der Waals surface area contributed by atoms with Gasteiger partial charge < -0.3 is 25.5 Å². The zero-order chi connectivity index (χ0) is 20.1. The summed E-state index contributed by atoms with van der Waals surface area (Å²) >= 11 is 0. The highest BCUT2D eigenvalue weighted by Gasteiger charge is 2.13. The van der Waals surface area contributed by atoms with E-state index in [9.17, 15) is 14.4 Å². The largest absolute Gasteiger partial charge is 0.493 e. The summed E-state index contributed by atoms with van der Waals surface area (Å²) in [4.78, 5) is 38.7. The number of aromatic amines is 1. The molecule has 0 aliphatic carbocycles. The van der Waals surface area contributed by atoms with Crippen LogP contribution in [0, 0.1) is 0 Å². The number of para-hydroxylation sites is 1. The lowest BCUT2D eigenvalue weighted by atomic mass is 10.1. The third-order valence-electron chi connectivity index (χ3n) is 4.08. The Hall–Kier alpha value is -3.81. The van der Waals surface area contributed by atoms with Gasteiger partial charge in [-0.1, -0.05) is 18.2 Å². The molecule has 2 aromatic carbocycles. The van der Waals surface area contributed by atoms with Crippen molar-refractivity contribution in [2.75, 3.05) is 13.7 Å². The lowest BCUT2D eigenvalue weighted by Gasteiger charge is -2.12. The van der Waals surface area contributed by atoms with Crippen molar-refractivity contribution in [2.45, 2.75) is 6.54 Å². The molecule has 0 radical (unpaired) electrons. The fourth-order valence-electron chi connectivity index (χ4n) is 2.70. The van der Waals surface area contributed by atoms with Gasteiger partial charge in [0, 0.05) is 23.6 Å². The van der Waals surface area contributed by atoms with Crippen LogP contribution in [0.4, 0.5) is 0 Å². The summed E-state index contributed by atoms with van der Waals surface area (Å²) in [5.74, 6) is -0.321. The maximum absolute atomic E-state index is 12.5. The molecular formula is C20H19N3O5. The van der Waals surface area contributed by atoms with Crippen LogP contribution in [-0.2, 0) is 11.3 Å². The van der Waals surface area contributed by atoms with Crippen LogP contribution in [-0.4, -0.2) is 30.5 Å². The Morgan fingerprint density at radius 2 is 1.93 bits per heavy atom. The quantitative estimate of drug-likeness (QED) is 0.570. The molecule has 1 aromatic heterocycles. The van der Waals surface area contributed by atoms with E-state index < -0.39 is 11.8 Å². The highest BCUT2D eigenvalue weighted by Crippen LogP contribution is 2.28. The van der Waals surface area contributed by atoms with Gasteiger partial charge in [0.15, 0.2) is 18.1 Å². The molecule has 0 unspecified atom stereocenters. The standard InChI is InChI=1S/C20H19N3O5/c1-27-17-8-12(6-7-16(17)28-11-18(21)24)9-23-20(26)14-10-22-15-5-3-2-4-13(15)19(14)25/h2-8,10H,9,11H2,1H3,(H2,21,24)(H,22,25)(H,23,26). The number of rotatable bonds is 7. The fraction of sp³-hybridized carbons (Fsp3) is 0.150. The van der Waals surface area contributed by atoms with Crippen LogP contribution in [0.2, 0.25) is 0 Å². The van der Waals surface area contributed by atoms with Gasteiger partial charge >= 0.3 is 0 Å². The number of hydrogen-bond acceptors (Lipinski definition) is 5. The highest BCUT2D eigenvalue weighted by atomic mass is 16.5. The molecule has 0 saturated heterocycles. The van der Waals surface area contributed by atoms with Crippen LogP contribution in [0.3, 0.4) is 0 Å². The first kappa shape index (κ1) is 19.0. The van der Waals surface area contributed by atoms with Gasteiger partial charge in [0.2, 0.25) is 5.43 Å². The number of hydrogen-bond donors (Lipinski definition) is 3. The van der Waals surface area contributed by atoms with Gasteiger partial charge in [0.25, 0.3) is 11.8 Å². The molecular weight excluding hydrogens is 362 g/mol. The van der Waals surface area contributed by atoms with Gasteiger partial charge in [-0.3, -0.25) is 14.4 Å². The van der Waals surface area contributed by atoms with Gasteiger partial charge in [-0.25, -0.2) is 0 Å². The second-order valence-corrected chi connectivity index (χ2v) is 6.00. The fourth-order valence-corrected chi connectivity index (χ4v) is 2.70. The highest BCUT2D eigenvalue weighted by molar-refractivity contribution is 5.97. The van der Waals surface area contributed by atoms with Crippen molar-refractivity contribution in [2.24, 2.45) is 5.73 Å². The first-order valence-corrected chi connectivity index (χ1v) is 8.46. The summed E-state index contributed by atoms with van der Waals surface area (Å²) in [5, 5.41) is 3.16. The minimum Gasteiger partial charge on any atom is -0.493 e. The lowest BCUT2D eigenvalue weighted by Crippen LogP contribution is -2.28. The van der Waals surface area contributed by atoms with E-state index in [2.05, 4.69) is 10.3 Å². The van der Waals surface area contributed by atoms with Crippen molar-refractivity contribution < 1.29 is 19.1 Å². The van der Waals surface area contributed by atoms with Crippen molar-refractivity contribution >= 4 is 22.7 Å².